The van der Waals surface area contributed by atoms with Crippen LogP contribution >= 0.6 is 0 Å². The molecule has 3 rings (SSSR count). The van der Waals surface area contributed by atoms with Crippen LogP contribution in [-0.4, -0.2) is 43.2 Å². The van der Waals surface area contributed by atoms with E-state index in [1.54, 1.807) is 7.11 Å². The molecular formula is C17H23N3O. The monoisotopic (exact) mass is 285 g/mol. The van der Waals surface area contributed by atoms with E-state index in [4.69, 9.17) is 4.74 Å². The molecule has 4 nitrogen and oxygen atoms in total. The zero-order chi connectivity index (χ0) is 14.8. The number of fused-ring (bicyclic) bond motifs is 1. The van der Waals surface area contributed by atoms with Gasteiger partial charge in [0.1, 0.15) is 11.6 Å². The molecule has 0 spiro atoms. The van der Waals surface area contributed by atoms with Crippen molar-refractivity contribution in [3.8, 4) is 5.75 Å². The van der Waals surface area contributed by atoms with Crippen molar-refractivity contribution in [3.63, 3.8) is 0 Å². The lowest BCUT2D eigenvalue weighted by atomic mass is 9.94. The van der Waals surface area contributed by atoms with E-state index in [1.807, 2.05) is 24.4 Å². The minimum atomic E-state index is 0.477. The van der Waals surface area contributed by atoms with Crippen LogP contribution in [0.25, 0.3) is 10.8 Å². The third-order valence-corrected chi connectivity index (χ3v) is 4.42. The molecule has 2 atom stereocenters. The lowest BCUT2D eigenvalue weighted by molar-refractivity contribution is 0.206. The predicted molar refractivity (Wildman–Crippen MR) is 87.0 cm³/mol. The number of hydrogen-bond acceptors (Lipinski definition) is 4. The standard InChI is InChI=1S/C17H23N3O/c1-12-11-20(2)10-8-15(12)19-17-14-5-4-6-16(21-3)13(14)7-9-18-17/h4-7,9,12,15H,8,10-11H2,1-3H3,(H,18,19). The van der Waals surface area contributed by atoms with E-state index in [0.717, 1.165) is 41.9 Å². The van der Waals surface area contributed by atoms with Crippen LogP contribution in [0.2, 0.25) is 0 Å². The summed E-state index contributed by atoms with van der Waals surface area (Å²) in [5, 5.41) is 5.89. The molecule has 0 aliphatic carbocycles. The molecule has 1 saturated heterocycles. The molecule has 0 amide bonds. The van der Waals surface area contributed by atoms with Crippen LogP contribution in [0.4, 0.5) is 5.82 Å². The summed E-state index contributed by atoms with van der Waals surface area (Å²) in [5.41, 5.74) is 0. The van der Waals surface area contributed by atoms with Gasteiger partial charge in [0.05, 0.1) is 7.11 Å². The molecule has 112 valence electrons. The molecule has 2 aromatic rings. The number of hydrogen-bond donors (Lipinski definition) is 1. The van der Waals surface area contributed by atoms with Crippen LogP contribution in [0.15, 0.2) is 30.5 Å². The number of nitrogens with one attached hydrogen (secondary N) is 1. The highest BCUT2D eigenvalue weighted by molar-refractivity contribution is 5.95. The summed E-state index contributed by atoms with van der Waals surface area (Å²) < 4.78 is 5.45. The second-order valence-corrected chi connectivity index (χ2v) is 5.99. The summed E-state index contributed by atoms with van der Waals surface area (Å²) >= 11 is 0. The number of pyridine rings is 1. The van der Waals surface area contributed by atoms with Gasteiger partial charge in [0.15, 0.2) is 0 Å². The highest BCUT2D eigenvalue weighted by atomic mass is 16.5. The van der Waals surface area contributed by atoms with Crippen LogP contribution in [-0.2, 0) is 0 Å². The largest absolute Gasteiger partial charge is 0.496 e. The Labute approximate surface area is 126 Å². The number of rotatable bonds is 3. The molecule has 1 aromatic heterocycles. The van der Waals surface area contributed by atoms with Gasteiger partial charge in [-0.1, -0.05) is 19.1 Å². The van der Waals surface area contributed by atoms with Crippen molar-refractivity contribution in [3.05, 3.63) is 30.5 Å². The molecule has 1 aliphatic heterocycles. The Kier molecular flexibility index (Phi) is 3.97. The molecule has 2 unspecified atom stereocenters. The van der Waals surface area contributed by atoms with Crippen molar-refractivity contribution < 1.29 is 4.74 Å². The van der Waals surface area contributed by atoms with Crippen LogP contribution in [0.1, 0.15) is 13.3 Å². The number of piperidine rings is 1. The number of nitrogens with zero attached hydrogens (tertiary/aromatic N) is 2. The predicted octanol–water partition coefficient (Wildman–Crippen LogP) is 3.00. The molecular weight excluding hydrogens is 262 g/mol. The van der Waals surface area contributed by atoms with E-state index in [-0.39, 0.29) is 0 Å². The number of benzene rings is 1. The van der Waals surface area contributed by atoms with E-state index < -0.39 is 0 Å². The third-order valence-electron chi connectivity index (χ3n) is 4.42. The SMILES string of the molecule is COc1cccc2c(NC3CCN(C)CC3C)nccc12. The maximum Gasteiger partial charge on any atom is 0.134 e. The van der Waals surface area contributed by atoms with E-state index in [0.29, 0.717) is 12.0 Å². The van der Waals surface area contributed by atoms with Gasteiger partial charge in [-0.2, -0.15) is 0 Å². The lowest BCUT2D eigenvalue weighted by Gasteiger charge is -2.35. The summed E-state index contributed by atoms with van der Waals surface area (Å²) in [6.07, 6.45) is 3.01. The fraction of sp³-hybridized carbons (Fsp3) is 0.471. The Morgan fingerprint density at radius 2 is 2.14 bits per heavy atom. The first-order chi connectivity index (χ1) is 10.2. The highest BCUT2D eigenvalue weighted by Gasteiger charge is 2.24. The number of anilines is 1. The Morgan fingerprint density at radius 1 is 1.29 bits per heavy atom. The quantitative estimate of drug-likeness (QED) is 0.940. The lowest BCUT2D eigenvalue weighted by Crippen LogP contribution is -2.43. The molecule has 1 aliphatic rings. The normalized spacial score (nSPS) is 23.2. The van der Waals surface area contributed by atoms with Gasteiger partial charge in [-0.25, -0.2) is 4.98 Å². The summed E-state index contributed by atoms with van der Waals surface area (Å²) in [7, 11) is 3.90. The molecule has 21 heavy (non-hydrogen) atoms. The summed E-state index contributed by atoms with van der Waals surface area (Å²) in [6, 6.07) is 8.60. The van der Waals surface area contributed by atoms with Crippen LogP contribution in [0, 0.1) is 5.92 Å². The fourth-order valence-electron chi connectivity index (χ4n) is 3.22. The Morgan fingerprint density at radius 3 is 2.90 bits per heavy atom. The van der Waals surface area contributed by atoms with Crippen LogP contribution in [0.3, 0.4) is 0 Å². The molecule has 1 N–H and O–H groups in total. The molecule has 0 bridgehead atoms. The summed E-state index contributed by atoms with van der Waals surface area (Å²) in [5.74, 6) is 2.48. The maximum atomic E-state index is 5.45. The van der Waals surface area contributed by atoms with Gasteiger partial charge in [0.25, 0.3) is 0 Å². The molecule has 2 heterocycles. The molecule has 0 radical (unpaired) electrons. The summed E-state index contributed by atoms with van der Waals surface area (Å²) in [4.78, 5) is 6.94. The zero-order valence-corrected chi connectivity index (χ0v) is 13.0. The Hall–Kier alpha value is -1.81. The van der Waals surface area contributed by atoms with E-state index >= 15 is 0 Å². The third kappa shape index (κ3) is 2.81. The Bertz CT molecular complexity index is 628. The first kappa shape index (κ1) is 14.1. The topological polar surface area (TPSA) is 37.4 Å². The minimum absolute atomic E-state index is 0.477. The van der Waals surface area contributed by atoms with Gasteiger partial charge in [-0.15, -0.1) is 0 Å². The van der Waals surface area contributed by atoms with Gasteiger partial charge in [-0.05, 0) is 38.1 Å². The second kappa shape index (κ2) is 5.90. The van der Waals surface area contributed by atoms with Gasteiger partial charge in [-0.3, -0.25) is 0 Å². The van der Waals surface area contributed by atoms with Crippen molar-refractivity contribution in [2.24, 2.45) is 5.92 Å². The maximum absolute atomic E-state index is 5.45. The van der Waals surface area contributed by atoms with Crippen molar-refractivity contribution in [1.29, 1.82) is 0 Å². The molecule has 1 fully saturated rings. The first-order valence-corrected chi connectivity index (χ1v) is 7.56. The van der Waals surface area contributed by atoms with Crippen LogP contribution in [0.5, 0.6) is 5.75 Å². The molecule has 1 aromatic carbocycles. The smallest absolute Gasteiger partial charge is 0.134 e. The van der Waals surface area contributed by atoms with Crippen molar-refractivity contribution >= 4 is 16.6 Å². The van der Waals surface area contributed by atoms with Crippen molar-refractivity contribution in [2.45, 2.75) is 19.4 Å². The second-order valence-electron chi connectivity index (χ2n) is 5.99. The van der Waals surface area contributed by atoms with Gasteiger partial charge < -0.3 is 15.0 Å². The minimum Gasteiger partial charge on any atom is -0.496 e. The van der Waals surface area contributed by atoms with Crippen molar-refractivity contribution in [2.75, 3.05) is 32.6 Å². The Balaban J connectivity index is 1.91. The highest BCUT2D eigenvalue weighted by Crippen LogP contribution is 2.30. The average Bonchev–Trinajstić information content (AvgIpc) is 2.49. The van der Waals surface area contributed by atoms with E-state index in [1.165, 1.54) is 0 Å². The van der Waals surface area contributed by atoms with Gasteiger partial charge in [0, 0.05) is 29.6 Å². The van der Waals surface area contributed by atoms with Gasteiger partial charge >= 0.3 is 0 Å². The van der Waals surface area contributed by atoms with Gasteiger partial charge in [0.2, 0.25) is 0 Å². The molecule has 4 heteroatoms. The van der Waals surface area contributed by atoms with E-state index in [2.05, 4.69) is 35.2 Å². The number of methoxy groups -OCH3 is 1. The summed E-state index contributed by atoms with van der Waals surface area (Å²) in [6.45, 7) is 4.57. The zero-order valence-electron chi connectivity index (χ0n) is 13.0. The first-order valence-electron chi connectivity index (χ1n) is 7.56. The fourth-order valence-corrected chi connectivity index (χ4v) is 3.22. The molecule has 0 saturated carbocycles. The van der Waals surface area contributed by atoms with Crippen LogP contribution < -0.4 is 10.1 Å². The number of ether oxygens (including phenoxy) is 1. The average molecular weight is 285 g/mol. The van der Waals surface area contributed by atoms with Crippen molar-refractivity contribution in [1.82, 2.24) is 9.88 Å². The number of aromatic nitrogens is 1. The number of likely N-dealkylation sites (tertiary alicyclic amines) is 1. The van der Waals surface area contributed by atoms with E-state index in [9.17, 15) is 0 Å².